The minimum absolute atomic E-state index is 0.0616. The maximum atomic E-state index is 12.5. The van der Waals surface area contributed by atoms with Crippen molar-refractivity contribution in [2.24, 2.45) is 5.10 Å². The van der Waals surface area contributed by atoms with E-state index in [2.05, 4.69) is 28.0 Å². The molecule has 4 nitrogen and oxygen atoms in total. The Morgan fingerprint density at radius 3 is 2.72 bits per heavy atom. The molecule has 3 aromatic rings. The van der Waals surface area contributed by atoms with Gasteiger partial charge in [0, 0.05) is 5.56 Å². The summed E-state index contributed by atoms with van der Waals surface area (Å²) >= 11 is 0. The van der Waals surface area contributed by atoms with Gasteiger partial charge in [0.2, 0.25) is 5.91 Å². The van der Waals surface area contributed by atoms with Crippen LogP contribution in [0.25, 0.3) is 16.8 Å². The Kier molecular flexibility index (Phi) is 4.01. The third kappa shape index (κ3) is 3.28. The quantitative estimate of drug-likeness (QED) is 0.765. The van der Waals surface area contributed by atoms with Crippen LogP contribution in [-0.2, 0) is 11.2 Å². The monoisotopic (exact) mass is 327 g/mol. The number of hydrazone groups is 1. The van der Waals surface area contributed by atoms with Crippen LogP contribution in [0.5, 0.6) is 0 Å². The minimum atomic E-state index is -0.0616. The molecule has 0 spiro atoms. The van der Waals surface area contributed by atoms with E-state index in [4.69, 9.17) is 0 Å². The summed E-state index contributed by atoms with van der Waals surface area (Å²) in [6, 6.07) is 22.0. The van der Waals surface area contributed by atoms with E-state index in [1.54, 1.807) is 6.21 Å². The van der Waals surface area contributed by atoms with Gasteiger partial charge in [-0.1, -0.05) is 60.7 Å². The molecule has 25 heavy (non-hydrogen) atoms. The van der Waals surface area contributed by atoms with Crippen LogP contribution in [0.3, 0.4) is 0 Å². The first kappa shape index (κ1) is 15.1. The largest absolute Gasteiger partial charge is 0.324 e. The number of allylic oxidation sites excluding steroid dienone is 1. The van der Waals surface area contributed by atoms with E-state index >= 15 is 0 Å². The fourth-order valence-corrected chi connectivity index (χ4v) is 2.99. The Morgan fingerprint density at radius 1 is 0.960 bits per heavy atom. The second-order valence-corrected chi connectivity index (χ2v) is 5.92. The van der Waals surface area contributed by atoms with Crippen molar-refractivity contribution in [2.75, 3.05) is 5.43 Å². The maximum Gasteiger partial charge on any atom is 0.228 e. The number of hydrogen-bond donors (Lipinski definition) is 2. The summed E-state index contributed by atoms with van der Waals surface area (Å²) in [5, 5.41) is 9.34. The molecule has 1 amide bonds. The molecule has 1 aliphatic heterocycles. The Labute approximate surface area is 145 Å². The zero-order valence-electron chi connectivity index (χ0n) is 13.6. The summed E-state index contributed by atoms with van der Waals surface area (Å²) < 4.78 is 0. The molecule has 2 N–H and O–H groups in total. The molecular weight excluding hydrogens is 310 g/mol. The third-order valence-corrected chi connectivity index (χ3v) is 4.18. The minimum Gasteiger partial charge on any atom is -0.324 e. The van der Waals surface area contributed by atoms with Crippen LogP contribution in [0.1, 0.15) is 11.1 Å². The first-order valence-electron chi connectivity index (χ1n) is 8.16. The van der Waals surface area contributed by atoms with Crippen LogP contribution in [0.15, 0.2) is 77.5 Å². The number of carbonyl (C=O) groups excluding carboxylic acids is 1. The molecule has 3 aromatic carbocycles. The smallest absolute Gasteiger partial charge is 0.228 e. The van der Waals surface area contributed by atoms with Gasteiger partial charge in [0.05, 0.1) is 24.0 Å². The van der Waals surface area contributed by atoms with Crippen molar-refractivity contribution in [3.8, 4) is 0 Å². The number of para-hydroxylation sites is 1. The van der Waals surface area contributed by atoms with Crippen LogP contribution in [0, 0.1) is 0 Å². The summed E-state index contributed by atoms with van der Waals surface area (Å²) in [7, 11) is 0. The van der Waals surface area contributed by atoms with Gasteiger partial charge in [-0.3, -0.25) is 10.2 Å². The molecule has 0 unspecified atom stereocenters. The van der Waals surface area contributed by atoms with E-state index in [1.807, 2.05) is 60.7 Å². The topological polar surface area (TPSA) is 53.5 Å². The Morgan fingerprint density at radius 2 is 1.76 bits per heavy atom. The molecule has 1 aliphatic rings. The van der Waals surface area contributed by atoms with Crippen LogP contribution in [-0.4, -0.2) is 12.1 Å². The lowest BCUT2D eigenvalue weighted by molar-refractivity contribution is -0.119. The van der Waals surface area contributed by atoms with Crippen LogP contribution in [0.4, 0.5) is 5.69 Å². The fourth-order valence-electron chi connectivity index (χ4n) is 2.99. The van der Waals surface area contributed by atoms with E-state index in [0.717, 1.165) is 27.6 Å². The van der Waals surface area contributed by atoms with Gasteiger partial charge in [0.15, 0.2) is 0 Å². The second kappa shape index (κ2) is 6.61. The zero-order chi connectivity index (χ0) is 17.1. The number of nitrogens with one attached hydrogen (secondary N) is 2. The van der Waals surface area contributed by atoms with Crippen molar-refractivity contribution in [1.29, 1.82) is 0 Å². The molecule has 0 aliphatic carbocycles. The Bertz CT molecular complexity index is 999. The average Bonchev–Trinajstić information content (AvgIpc) is 2.83. The predicted octanol–water partition coefficient (Wildman–Crippen LogP) is 3.95. The Hall–Kier alpha value is -3.40. The van der Waals surface area contributed by atoms with Gasteiger partial charge < -0.3 is 5.32 Å². The van der Waals surface area contributed by atoms with Crippen molar-refractivity contribution < 1.29 is 4.79 Å². The molecule has 4 heteroatoms. The van der Waals surface area contributed by atoms with Gasteiger partial charge in [-0.25, -0.2) is 0 Å². The van der Waals surface area contributed by atoms with E-state index in [9.17, 15) is 4.79 Å². The number of hydrogen-bond acceptors (Lipinski definition) is 3. The molecule has 0 fully saturated rings. The van der Waals surface area contributed by atoms with Crippen molar-refractivity contribution in [3.63, 3.8) is 0 Å². The summed E-state index contributed by atoms with van der Waals surface area (Å²) in [6.07, 6.45) is 3.86. The zero-order valence-corrected chi connectivity index (χ0v) is 13.6. The molecule has 4 rings (SSSR count). The highest BCUT2D eigenvalue weighted by molar-refractivity contribution is 5.96. The molecule has 0 aromatic heterocycles. The van der Waals surface area contributed by atoms with Gasteiger partial charge in [-0.05, 0) is 28.5 Å². The number of amides is 1. The lowest BCUT2D eigenvalue weighted by Gasteiger charge is -2.08. The Balaban J connectivity index is 1.55. The summed E-state index contributed by atoms with van der Waals surface area (Å²) in [4.78, 5) is 12.5. The number of carbonyl (C=O) groups is 1. The SMILES string of the molecule is O=C(Cc1cccc2ccccc12)NC1=Cc2ccccc2NN=C1. The van der Waals surface area contributed by atoms with E-state index in [0.29, 0.717) is 12.1 Å². The van der Waals surface area contributed by atoms with Gasteiger partial charge in [0.25, 0.3) is 0 Å². The van der Waals surface area contributed by atoms with Gasteiger partial charge in [-0.15, -0.1) is 0 Å². The van der Waals surface area contributed by atoms with Crippen molar-refractivity contribution in [3.05, 3.63) is 83.6 Å². The van der Waals surface area contributed by atoms with Gasteiger partial charge >= 0.3 is 0 Å². The molecule has 0 saturated heterocycles. The fraction of sp³-hybridized carbons (Fsp3) is 0.0476. The highest BCUT2D eigenvalue weighted by Crippen LogP contribution is 2.21. The second-order valence-electron chi connectivity index (χ2n) is 5.92. The van der Waals surface area contributed by atoms with Crippen molar-refractivity contribution >= 4 is 34.7 Å². The average molecular weight is 327 g/mol. The maximum absolute atomic E-state index is 12.5. The molecule has 1 heterocycles. The lowest BCUT2D eigenvalue weighted by Crippen LogP contribution is -2.25. The number of anilines is 1. The number of fused-ring (bicyclic) bond motifs is 2. The molecule has 122 valence electrons. The van der Waals surface area contributed by atoms with Crippen molar-refractivity contribution in [2.45, 2.75) is 6.42 Å². The normalized spacial score (nSPS) is 12.7. The van der Waals surface area contributed by atoms with Gasteiger partial charge in [0.1, 0.15) is 0 Å². The molecular formula is C21H17N3O. The summed E-state index contributed by atoms with van der Waals surface area (Å²) in [5.41, 5.74) is 6.55. The molecule has 0 bridgehead atoms. The highest BCUT2D eigenvalue weighted by Gasteiger charge is 2.10. The number of rotatable bonds is 3. The summed E-state index contributed by atoms with van der Waals surface area (Å²) in [6.45, 7) is 0. The third-order valence-electron chi connectivity index (χ3n) is 4.18. The molecule has 0 atom stereocenters. The van der Waals surface area contributed by atoms with Crippen LogP contribution >= 0.6 is 0 Å². The van der Waals surface area contributed by atoms with Crippen LogP contribution in [0.2, 0.25) is 0 Å². The lowest BCUT2D eigenvalue weighted by atomic mass is 10.0. The van der Waals surface area contributed by atoms with E-state index in [-0.39, 0.29) is 5.91 Å². The first-order valence-corrected chi connectivity index (χ1v) is 8.16. The van der Waals surface area contributed by atoms with Crippen molar-refractivity contribution in [1.82, 2.24) is 5.32 Å². The predicted molar refractivity (Wildman–Crippen MR) is 102 cm³/mol. The standard InChI is InChI=1S/C21H17N3O/c25-21(13-16-9-5-8-15-6-1-3-10-19(15)16)23-18-12-17-7-2-4-11-20(17)24-22-14-18/h1-12,14,24H,13H2,(H,23,25). The van der Waals surface area contributed by atoms with E-state index in [1.165, 1.54) is 0 Å². The first-order chi connectivity index (χ1) is 12.3. The highest BCUT2D eigenvalue weighted by atomic mass is 16.1. The van der Waals surface area contributed by atoms with E-state index < -0.39 is 0 Å². The molecule has 0 saturated carbocycles. The number of benzene rings is 3. The van der Waals surface area contributed by atoms with Gasteiger partial charge in [-0.2, -0.15) is 5.10 Å². The molecule has 0 radical (unpaired) electrons. The van der Waals surface area contributed by atoms with Crippen LogP contribution < -0.4 is 10.7 Å². The summed E-state index contributed by atoms with van der Waals surface area (Å²) in [5.74, 6) is -0.0616. The number of nitrogens with zero attached hydrogens (tertiary/aromatic N) is 1.